The van der Waals surface area contributed by atoms with Gasteiger partial charge in [0.25, 0.3) is 0 Å². The fourth-order valence-corrected chi connectivity index (χ4v) is 4.37. The molecule has 5 N–H and O–H groups in total. The molecule has 0 aromatic heterocycles. The first-order chi connectivity index (χ1) is 15.0. The minimum Gasteiger partial charge on any atom is -0.344 e. The summed E-state index contributed by atoms with van der Waals surface area (Å²) in [5, 5.41) is 0. The van der Waals surface area contributed by atoms with Crippen LogP contribution in [-0.2, 0) is 32.9 Å². The first-order valence-electron chi connectivity index (χ1n) is 11.2. The third-order valence-corrected chi connectivity index (χ3v) is 6.20. The minimum atomic E-state index is -4.57. The van der Waals surface area contributed by atoms with Crippen LogP contribution in [0.4, 0.5) is 13.2 Å². The summed E-state index contributed by atoms with van der Waals surface area (Å²) in [6.45, 7) is 2.35. The summed E-state index contributed by atoms with van der Waals surface area (Å²) in [4.78, 5) is 31.0. The largest absolute Gasteiger partial charge is 0.469 e. The number of nitrogens with zero attached hydrogens (tertiary/aromatic N) is 1. The molecule has 1 heterocycles. The van der Waals surface area contributed by atoms with Crippen molar-refractivity contribution in [3.63, 3.8) is 0 Å². The van der Waals surface area contributed by atoms with E-state index in [9.17, 15) is 22.5 Å². The highest BCUT2D eigenvalue weighted by Gasteiger charge is 2.36. The zero-order valence-electron chi connectivity index (χ0n) is 19.1. The molecule has 0 saturated carbocycles. The topological polar surface area (TPSA) is 122 Å². The fraction of sp³-hybridized carbons (Fsp3) is 0.682. The van der Waals surface area contributed by atoms with Gasteiger partial charge in [-0.15, -0.1) is 0 Å². The Morgan fingerprint density at radius 2 is 1.73 bits per heavy atom. The van der Waals surface area contributed by atoms with Crippen molar-refractivity contribution < 1.29 is 36.8 Å². The number of alkyl halides is 3. The quantitative estimate of drug-likeness (QED) is 0.248. The van der Waals surface area contributed by atoms with Crippen molar-refractivity contribution in [2.75, 3.05) is 13.1 Å². The van der Waals surface area contributed by atoms with E-state index in [0.717, 1.165) is 32.1 Å². The Morgan fingerprint density at radius 1 is 1.09 bits per heavy atom. The van der Waals surface area contributed by atoms with Gasteiger partial charge in [0, 0.05) is 19.5 Å². The molecule has 1 aromatic carbocycles. The molecule has 1 amide bonds. The number of carbonyl (C=O) groups is 1. The lowest BCUT2D eigenvalue weighted by Crippen LogP contribution is -2.54. The summed E-state index contributed by atoms with van der Waals surface area (Å²) in [5.41, 5.74) is 0.367. The molecule has 33 heavy (non-hydrogen) atoms. The highest BCUT2D eigenvalue weighted by atomic mass is 31.2. The van der Waals surface area contributed by atoms with Gasteiger partial charge < -0.3 is 20.8 Å². The van der Waals surface area contributed by atoms with Gasteiger partial charge in [-0.05, 0) is 49.3 Å². The first kappa shape index (κ1) is 29.6. The molecule has 1 aliphatic heterocycles. The molecule has 0 aliphatic carbocycles. The van der Waals surface area contributed by atoms with E-state index in [1.807, 2.05) is 0 Å². The Bertz CT molecular complexity index is 795. The average molecular weight is 497 g/mol. The Kier molecular flexibility index (Phi) is 12.0. The number of unbranched alkanes of at least 4 members (excludes halogenated alkanes) is 5. The standard InChI is InChI=1S/C22H33F3NO5P.H3N/c1-2-3-4-5-6-9-17-12-13-18(20(14-17)22(23,24)25)10-7-8-11-21(27)26-15-19(16-26)31-32(28,29)30;/h12-14,19H,2-11,15-16H2,1H3,(H2,28,29,30);1H3. The molecular formula is C22H36F3N2O5P. The maximum Gasteiger partial charge on any atom is 0.469 e. The summed E-state index contributed by atoms with van der Waals surface area (Å²) in [6.07, 6.45) is 2.15. The lowest BCUT2D eigenvalue weighted by molar-refractivity contribution is -0.141. The fourth-order valence-electron chi connectivity index (χ4n) is 3.85. The van der Waals surface area contributed by atoms with Crippen LogP contribution >= 0.6 is 7.82 Å². The van der Waals surface area contributed by atoms with Crippen molar-refractivity contribution in [1.82, 2.24) is 11.1 Å². The van der Waals surface area contributed by atoms with Crippen molar-refractivity contribution in [2.24, 2.45) is 0 Å². The monoisotopic (exact) mass is 496 g/mol. The Hall–Kier alpha value is -1.45. The molecule has 0 radical (unpaired) electrons. The molecule has 1 aromatic rings. The van der Waals surface area contributed by atoms with E-state index in [2.05, 4.69) is 11.4 Å². The van der Waals surface area contributed by atoms with E-state index in [1.165, 1.54) is 11.0 Å². The number of amides is 1. The number of hydrogen-bond donors (Lipinski definition) is 3. The maximum absolute atomic E-state index is 13.5. The van der Waals surface area contributed by atoms with Gasteiger partial charge in [0.1, 0.15) is 6.10 Å². The lowest BCUT2D eigenvalue weighted by Gasteiger charge is -2.38. The Morgan fingerprint density at radius 3 is 2.33 bits per heavy atom. The van der Waals surface area contributed by atoms with Crippen LogP contribution in [-0.4, -0.2) is 39.8 Å². The van der Waals surface area contributed by atoms with Crippen LogP contribution in [0.25, 0.3) is 0 Å². The van der Waals surface area contributed by atoms with Gasteiger partial charge in [0.15, 0.2) is 0 Å². The molecule has 0 bridgehead atoms. The predicted octanol–water partition coefficient (Wildman–Crippen LogP) is 5.41. The van der Waals surface area contributed by atoms with Gasteiger partial charge in [0.2, 0.25) is 5.91 Å². The van der Waals surface area contributed by atoms with E-state index < -0.39 is 25.7 Å². The van der Waals surface area contributed by atoms with Crippen LogP contribution in [0.2, 0.25) is 0 Å². The van der Waals surface area contributed by atoms with E-state index in [1.54, 1.807) is 12.1 Å². The van der Waals surface area contributed by atoms with E-state index >= 15 is 0 Å². The third-order valence-electron chi connectivity index (χ3n) is 5.62. The third kappa shape index (κ3) is 10.6. The van der Waals surface area contributed by atoms with Gasteiger partial charge in [-0.1, -0.05) is 44.7 Å². The van der Waals surface area contributed by atoms with Gasteiger partial charge in [-0.2, -0.15) is 13.2 Å². The second kappa shape index (κ2) is 13.4. The van der Waals surface area contributed by atoms with Crippen molar-refractivity contribution in [2.45, 2.75) is 83.4 Å². The van der Waals surface area contributed by atoms with Crippen molar-refractivity contribution in [3.8, 4) is 0 Å². The van der Waals surface area contributed by atoms with Gasteiger partial charge in [-0.25, -0.2) is 4.57 Å². The minimum absolute atomic E-state index is 0. The molecule has 1 saturated heterocycles. The van der Waals surface area contributed by atoms with Crippen LogP contribution in [0.1, 0.15) is 75.0 Å². The highest BCUT2D eigenvalue weighted by Crippen LogP contribution is 2.39. The summed E-state index contributed by atoms with van der Waals surface area (Å²) in [5.74, 6) is -0.190. The van der Waals surface area contributed by atoms with E-state index in [4.69, 9.17) is 9.79 Å². The number of aryl methyl sites for hydroxylation is 2. The molecule has 1 fully saturated rings. The SMILES string of the molecule is CCCCCCCc1ccc(CCCCC(=O)N2CC(OP(=O)(O)O)C2)c(C(F)(F)F)c1.N. The Labute approximate surface area is 193 Å². The summed E-state index contributed by atoms with van der Waals surface area (Å²) in [7, 11) is -4.57. The average Bonchev–Trinajstić information content (AvgIpc) is 2.66. The normalized spacial score (nSPS) is 14.7. The second-order valence-corrected chi connectivity index (χ2v) is 9.57. The van der Waals surface area contributed by atoms with Gasteiger partial charge in [0.05, 0.1) is 5.56 Å². The van der Waals surface area contributed by atoms with Crippen LogP contribution in [0, 0.1) is 0 Å². The molecule has 0 unspecified atom stereocenters. The lowest BCUT2D eigenvalue weighted by atomic mass is 9.96. The summed E-state index contributed by atoms with van der Waals surface area (Å²) in [6, 6.07) is 4.60. The summed E-state index contributed by atoms with van der Waals surface area (Å²) < 4.78 is 55.9. The van der Waals surface area contributed by atoms with Crippen LogP contribution in [0.15, 0.2) is 18.2 Å². The Balaban J connectivity index is 0.00000544. The molecular weight excluding hydrogens is 460 g/mol. The molecule has 190 valence electrons. The van der Waals surface area contributed by atoms with E-state index in [-0.39, 0.29) is 43.6 Å². The van der Waals surface area contributed by atoms with Crippen molar-refractivity contribution in [1.29, 1.82) is 0 Å². The van der Waals surface area contributed by atoms with Crippen molar-refractivity contribution in [3.05, 3.63) is 34.9 Å². The smallest absolute Gasteiger partial charge is 0.344 e. The second-order valence-electron chi connectivity index (χ2n) is 8.38. The molecule has 1 aliphatic rings. The maximum atomic E-state index is 13.5. The number of phosphoric ester groups is 1. The van der Waals surface area contributed by atoms with Crippen molar-refractivity contribution >= 4 is 13.7 Å². The number of rotatable bonds is 13. The van der Waals surface area contributed by atoms with Gasteiger partial charge in [-0.3, -0.25) is 9.32 Å². The summed E-state index contributed by atoms with van der Waals surface area (Å²) >= 11 is 0. The number of halogens is 3. The molecule has 11 heteroatoms. The molecule has 2 rings (SSSR count). The number of hydrogen-bond acceptors (Lipinski definition) is 4. The zero-order valence-corrected chi connectivity index (χ0v) is 20.0. The number of phosphoric acid groups is 1. The van der Waals surface area contributed by atoms with Crippen LogP contribution < -0.4 is 6.15 Å². The number of carbonyl (C=O) groups excluding carboxylic acids is 1. The zero-order chi connectivity index (χ0) is 23.8. The first-order valence-corrected chi connectivity index (χ1v) is 12.7. The van der Waals surface area contributed by atoms with Crippen LogP contribution in [0.5, 0.6) is 0 Å². The highest BCUT2D eigenvalue weighted by molar-refractivity contribution is 7.46. The molecule has 7 nitrogen and oxygen atoms in total. The molecule has 0 spiro atoms. The van der Waals surface area contributed by atoms with E-state index in [0.29, 0.717) is 24.8 Å². The molecule has 0 atom stereocenters. The number of likely N-dealkylation sites (tertiary alicyclic amines) is 1. The predicted molar refractivity (Wildman–Crippen MR) is 120 cm³/mol. The number of benzene rings is 1. The van der Waals surface area contributed by atoms with Gasteiger partial charge >= 0.3 is 14.0 Å². The van der Waals surface area contributed by atoms with Crippen LogP contribution in [0.3, 0.4) is 0 Å².